The quantitative estimate of drug-likeness (QED) is 0.299. The van der Waals surface area contributed by atoms with Crippen LogP contribution in [0, 0.1) is 12.7 Å². The van der Waals surface area contributed by atoms with E-state index in [0.717, 1.165) is 0 Å². The van der Waals surface area contributed by atoms with Crippen LogP contribution in [0.1, 0.15) is 56.0 Å². The summed E-state index contributed by atoms with van der Waals surface area (Å²) in [5.74, 6) is -3.87. The Kier molecular flexibility index (Phi) is 9.65. The van der Waals surface area contributed by atoms with Gasteiger partial charge in [-0.3, -0.25) is 4.79 Å². The van der Waals surface area contributed by atoms with E-state index in [1.807, 2.05) is 0 Å². The molecule has 0 aliphatic carbocycles. The average molecular weight is 651 g/mol. The zero-order valence-corrected chi connectivity index (χ0v) is 26.6. The molecule has 1 aromatic heterocycles. The highest BCUT2D eigenvalue weighted by Gasteiger charge is 2.34. The Balaban J connectivity index is 1.74. The van der Waals surface area contributed by atoms with Gasteiger partial charge in [-0.2, -0.15) is 0 Å². The minimum Gasteiger partial charge on any atom is -0.442 e. The number of nitrogens with zero attached hydrogens (tertiary/aromatic N) is 3. The molecule has 4 rings (SSSR count). The molecule has 0 bridgehead atoms. The van der Waals surface area contributed by atoms with Crippen molar-refractivity contribution < 1.29 is 31.7 Å². The molecule has 0 spiro atoms. The molecule has 1 aliphatic rings. The third-order valence-electron chi connectivity index (χ3n) is 6.97. The van der Waals surface area contributed by atoms with E-state index in [-0.39, 0.29) is 52.9 Å². The molecule has 1 N–H and O–H groups in total. The summed E-state index contributed by atoms with van der Waals surface area (Å²) in [5.41, 5.74) is 0.861. The summed E-state index contributed by atoms with van der Waals surface area (Å²) >= 11 is 5.87. The Morgan fingerprint density at radius 1 is 1.14 bits per heavy atom. The number of hydrogen-bond acceptors (Lipinski definition) is 6. The Labute approximate surface area is 260 Å². The van der Waals surface area contributed by atoms with Crippen LogP contribution in [0.3, 0.4) is 0 Å². The lowest BCUT2D eigenvalue weighted by Gasteiger charge is -2.26. The molecule has 0 radical (unpaired) electrons. The average Bonchev–Trinajstić information content (AvgIpc) is 3.09. The number of carbonyl (C=O) groups is 2. The smallest absolute Gasteiger partial charge is 0.442 e. The maximum atomic E-state index is 14.4. The Hall–Kier alpha value is -3.64. The van der Waals surface area contributed by atoms with Crippen LogP contribution in [0.2, 0.25) is 5.02 Å². The van der Waals surface area contributed by atoms with E-state index in [1.54, 1.807) is 50.8 Å². The van der Waals surface area contributed by atoms with E-state index in [1.165, 1.54) is 36.7 Å². The molecule has 1 aliphatic heterocycles. The topological polar surface area (TPSA) is 101 Å². The van der Waals surface area contributed by atoms with Crippen LogP contribution in [0.5, 0.6) is 0 Å². The number of benzene rings is 2. The highest BCUT2D eigenvalue weighted by Crippen LogP contribution is 2.35. The summed E-state index contributed by atoms with van der Waals surface area (Å²) in [5, 5.41) is 2.72. The van der Waals surface area contributed by atoms with Crippen molar-refractivity contribution in [2.45, 2.75) is 63.4 Å². The van der Waals surface area contributed by atoms with Crippen molar-refractivity contribution in [2.24, 2.45) is 4.36 Å². The largest absolute Gasteiger partial charge is 0.442 e. The van der Waals surface area contributed by atoms with E-state index >= 15 is 0 Å². The number of rotatable bonds is 5. The minimum absolute atomic E-state index is 0.0197. The normalized spacial score (nSPS) is 16.4. The van der Waals surface area contributed by atoms with Crippen molar-refractivity contribution in [3.63, 3.8) is 0 Å². The lowest BCUT2D eigenvalue weighted by Crippen LogP contribution is -2.30. The Morgan fingerprint density at radius 3 is 2.55 bits per heavy atom. The first-order chi connectivity index (χ1) is 20.5. The number of aromatic nitrogens is 1. The van der Waals surface area contributed by atoms with Gasteiger partial charge in [0.05, 0.1) is 20.3 Å². The standard InChI is InChI=1S/C31H34ClF3N4O4S/c1-19-23(20-10-11-24(32)25(33)16-20)18-36-27(39-14-7-12-31(34,35)13-15-39)26(19)28(40)37-21-8-6-9-22(17-21)44(5,42)38-29(41)43-30(2,3)4/h6,8-11,16-18H,7,12-15H2,1-5H3,(H,37,40)/t44-/m1/s1. The molecule has 13 heteroatoms. The van der Waals surface area contributed by atoms with Gasteiger partial charge in [-0.25, -0.2) is 27.2 Å². The van der Waals surface area contributed by atoms with Gasteiger partial charge < -0.3 is 15.0 Å². The maximum Gasteiger partial charge on any atom is 0.442 e. The zero-order chi connectivity index (χ0) is 32.4. The maximum absolute atomic E-state index is 14.4. The molecule has 0 unspecified atom stereocenters. The van der Waals surface area contributed by atoms with Gasteiger partial charge in [0.1, 0.15) is 17.2 Å². The van der Waals surface area contributed by atoms with Crippen molar-refractivity contribution in [2.75, 3.05) is 29.6 Å². The molecule has 2 aromatic carbocycles. The predicted molar refractivity (Wildman–Crippen MR) is 166 cm³/mol. The summed E-state index contributed by atoms with van der Waals surface area (Å²) in [6.45, 7) is 6.90. The van der Waals surface area contributed by atoms with Gasteiger partial charge in [-0.05, 0) is 75.6 Å². The number of nitrogens with one attached hydrogen (secondary N) is 1. The molecule has 1 saturated heterocycles. The Morgan fingerprint density at radius 2 is 1.86 bits per heavy atom. The summed E-state index contributed by atoms with van der Waals surface area (Å²) in [4.78, 5) is 32.5. The second-order valence-electron chi connectivity index (χ2n) is 11.7. The number of alkyl halides is 2. The fraction of sp³-hybridized carbons (Fsp3) is 0.387. The SMILES string of the molecule is Cc1c(-c2ccc(Cl)c(F)c2)cnc(N2CCCC(F)(F)CC2)c1C(=O)Nc1cccc([S@@](C)(=O)=NC(=O)OC(C)(C)C)c1. The number of pyridine rings is 1. The van der Waals surface area contributed by atoms with Crippen LogP contribution in [-0.4, -0.2) is 52.1 Å². The van der Waals surface area contributed by atoms with Crippen molar-refractivity contribution in [3.8, 4) is 11.1 Å². The van der Waals surface area contributed by atoms with E-state index < -0.39 is 45.5 Å². The van der Waals surface area contributed by atoms with Crippen LogP contribution in [0.25, 0.3) is 11.1 Å². The van der Waals surface area contributed by atoms with Gasteiger partial charge in [0.15, 0.2) is 0 Å². The molecule has 0 saturated carbocycles. The van der Waals surface area contributed by atoms with Crippen LogP contribution in [0.15, 0.2) is 57.9 Å². The predicted octanol–water partition coefficient (Wildman–Crippen LogP) is 8.12. The molecular weight excluding hydrogens is 617 g/mol. The van der Waals surface area contributed by atoms with Gasteiger partial charge in [-0.15, -0.1) is 4.36 Å². The van der Waals surface area contributed by atoms with E-state index in [9.17, 15) is 27.0 Å². The summed E-state index contributed by atoms with van der Waals surface area (Å²) in [6, 6.07) is 10.3. The monoisotopic (exact) mass is 650 g/mol. The molecule has 1 atom stereocenters. The van der Waals surface area contributed by atoms with Gasteiger partial charge >= 0.3 is 6.09 Å². The van der Waals surface area contributed by atoms with Crippen LogP contribution in [-0.2, 0) is 14.5 Å². The van der Waals surface area contributed by atoms with Gasteiger partial charge in [-0.1, -0.05) is 23.7 Å². The number of anilines is 2. The van der Waals surface area contributed by atoms with Gasteiger partial charge in [0, 0.05) is 54.5 Å². The van der Waals surface area contributed by atoms with E-state index in [0.29, 0.717) is 16.7 Å². The van der Waals surface area contributed by atoms with Crippen LogP contribution >= 0.6 is 11.6 Å². The molecule has 44 heavy (non-hydrogen) atoms. The molecule has 1 fully saturated rings. The Bertz CT molecular complexity index is 1720. The molecule has 8 nitrogen and oxygen atoms in total. The van der Waals surface area contributed by atoms with Crippen molar-refractivity contribution in [1.82, 2.24) is 4.98 Å². The zero-order valence-electron chi connectivity index (χ0n) is 25.0. The second-order valence-corrected chi connectivity index (χ2v) is 14.3. The third kappa shape index (κ3) is 8.09. The van der Waals surface area contributed by atoms with Crippen molar-refractivity contribution >= 4 is 44.8 Å². The number of carbonyl (C=O) groups excluding carboxylic acids is 2. The lowest BCUT2D eigenvalue weighted by atomic mass is 9.97. The number of hydrogen-bond donors (Lipinski definition) is 1. The molecule has 2 heterocycles. The first kappa shape index (κ1) is 33.3. The summed E-state index contributed by atoms with van der Waals surface area (Å²) in [6.07, 6.45) is 1.32. The molecule has 3 aromatic rings. The van der Waals surface area contributed by atoms with E-state index in [4.69, 9.17) is 16.3 Å². The molecule has 2 amide bonds. The highest BCUT2D eigenvalue weighted by molar-refractivity contribution is 7.93. The van der Waals surface area contributed by atoms with Crippen molar-refractivity contribution in [3.05, 3.63) is 70.6 Å². The van der Waals surface area contributed by atoms with Crippen molar-refractivity contribution in [1.29, 1.82) is 0 Å². The minimum atomic E-state index is -3.24. The van der Waals surface area contributed by atoms with E-state index in [2.05, 4.69) is 14.7 Å². The summed E-state index contributed by atoms with van der Waals surface area (Å²) in [7, 11) is -3.24. The van der Waals surface area contributed by atoms with Gasteiger partial charge in [0.25, 0.3) is 5.91 Å². The lowest BCUT2D eigenvalue weighted by molar-refractivity contribution is -0.0102. The first-order valence-corrected chi connectivity index (χ1v) is 16.2. The summed E-state index contributed by atoms with van der Waals surface area (Å²) < 4.78 is 65.0. The highest BCUT2D eigenvalue weighted by atomic mass is 35.5. The number of amides is 2. The molecular formula is C31H34ClF3N4O4S. The fourth-order valence-electron chi connectivity index (χ4n) is 4.81. The molecule has 236 valence electrons. The third-order valence-corrected chi connectivity index (χ3v) is 8.90. The fourth-order valence-corrected chi connectivity index (χ4v) is 6.03. The number of ether oxygens (including phenoxy) is 1. The van der Waals surface area contributed by atoms with Gasteiger partial charge in [0.2, 0.25) is 5.92 Å². The second kappa shape index (κ2) is 12.8. The van der Waals surface area contributed by atoms with Crippen LogP contribution in [0.4, 0.5) is 29.5 Å². The number of halogens is 4. The van der Waals surface area contributed by atoms with Crippen LogP contribution < -0.4 is 10.2 Å². The first-order valence-electron chi connectivity index (χ1n) is 13.9.